The molecule has 2 nitrogen and oxygen atoms in total. The van der Waals surface area contributed by atoms with Gasteiger partial charge in [0.1, 0.15) is 0 Å². The Hall–Kier alpha value is -1.80. The second-order valence-corrected chi connectivity index (χ2v) is 4.35. The van der Waals surface area contributed by atoms with Crippen molar-refractivity contribution in [2.24, 2.45) is 0 Å². The summed E-state index contributed by atoms with van der Waals surface area (Å²) in [7, 11) is 0. The van der Waals surface area contributed by atoms with E-state index in [9.17, 15) is 4.79 Å². The normalized spacial score (nSPS) is 10.2. The Labute approximate surface area is 105 Å². The lowest BCUT2D eigenvalue weighted by atomic mass is 10.0. The summed E-state index contributed by atoms with van der Waals surface area (Å²) in [5.41, 5.74) is 8.53. The van der Waals surface area contributed by atoms with Gasteiger partial charge in [-0.2, -0.15) is 0 Å². The maximum Gasteiger partial charge on any atom is 0.193 e. The van der Waals surface area contributed by atoms with E-state index in [2.05, 4.69) is 0 Å². The van der Waals surface area contributed by atoms with E-state index in [1.165, 1.54) is 0 Å². The number of hydrogen-bond acceptors (Lipinski definition) is 2. The van der Waals surface area contributed by atoms with E-state index in [1.54, 1.807) is 36.4 Å². The van der Waals surface area contributed by atoms with E-state index in [4.69, 9.17) is 17.3 Å². The van der Waals surface area contributed by atoms with Crippen molar-refractivity contribution < 1.29 is 4.79 Å². The highest BCUT2D eigenvalue weighted by molar-refractivity contribution is 6.31. The minimum Gasteiger partial charge on any atom is -0.398 e. The molecule has 0 fully saturated rings. The van der Waals surface area contributed by atoms with Crippen LogP contribution >= 0.6 is 11.6 Å². The molecular formula is C14H12ClNO. The summed E-state index contributed by atoms with van der Waals surface area (Å²) in [6, 6.07) is 12.2. The summed E-state index contributed by atoms with van der Waals surface area (Å²) >= 11 is 5.86. The van der Waals surface area contributed by atoms with Crippen molar-refractivity contribution in [3.05, 3.63) is 64.2 Å². The van der Waals surface area contributed by atoms with E-state index in [-0.39, 0.29) is 5.78 Å². The third-order valence-corrected chi connectivity index (χ3v) is 2.86. The molecule has 0 aromatic heterocycles. The summed E-state index contributed by atoms with van der Waals surface area (Å²) in [6.45, 7) is 1.91. The molecule has 0 aliphatic rings. The van der Waals surface area contributed by atoms with Gasteiger partial charge in [0.15, 0.2) is 5.78 Å². The maximum absolute atomic E-state index is 12.1. The molecule has 0 saturated heterocycles. The van der Waals surface area contributed by atoms with E-state index in [1.807, 2.05) is 13.0 Å². The van der Waals surface area contributed by atoms with Crippen LogP contribution in [0.5, 0.6) is 0 Å². The zero-order chi connectivity index (χ0) is 12.4. The lowest BCUT2D eigenvalue weighted by molar-refractivity contribution is 0.103. The zero-order valence-electron chi connectivity index (χ0n) is 9.41. The highest BCUT2D eigenvalue weighted by atomic mass is 35.5. The molecule has 0 saturated carbocycles. The average molecular weight is 246 g/mol. The van der Waals surface area contributed by atoms with Crippen LogP contribution in [0.3, 0.4) is 0 Å². The molecule has 0 heterocycles. The quantitative estimate of drug-likeness (QED) is 0.650. The molecule has 2 rings (SSSR count). The van der Waals surface area contributed by atoms with Crippen LogP contribution in [0.1, 0.15) is 21.5 Å². The summed E-state index contributed by atoms with van der Waals surface area (Å²) < 4.78 is 0. The van der Waals surface area contributed by atoms with Gasteiger partial charge < -0.3 is 5.73 Å². The van der Waals surface area contributed by atoms with Crippen molar-refractivity contribution in [3.63, 3.8) is 0 Å². The van der Waals surface area contributed by atoms with Gasteiger partial charge in [0, 0.05) is 21.8 Å². The lowest BCUT2D eigenvalue weighted by Crippen LogP contribution is -2.02. The molecule has 0 bridgehead atoms. The third kappa shape index (κ3) is 2.48. The number of nitrogen functional groups attached to an aromatic ring is 1. The van der Waals surface area contributed by atoms with Crippen LogP contribution < -0.4 is 5.73 Å². The van der Waals surface area contributed by atoms with Crippen molar-refractivity contribution >= 4 is 23.1 Å². The Kier molecular flexibility index (Phi) is 3.16. The predicted molar refractivity (Wildman–Crippen MR) is 70.5 cm³/mol. The average Bonchev–Trinajstić information content (AvgIpc) is 2.32. The summed E-state index contributed by atoms with van der Waals surface area (Å²) in [5.74, 6) is -0.0702. The number of aryl methyl sites for hydroxylation is 1. The van der Waals surface area contributed by atoms with Crippen molar-refractivity contribution in [2.45, 2.75) is 6.92 Å². The fraction of sp³-hybridized carbons (Fsp3) is 0.0714. The fourth-order valence-corrected chi connectivity index (χ4v) is 1.77. The van der Waals surface area contributed by atoms with Gasteiger partial charge in [-0.15, -0.1) is 0 Å². The Bertz CT molecular complexity index is 578. The second-order valence-electron chi connectivity index (χ2n) is 3.91. The van der Waals surface area contributed by atoms with Crippen LogP contribution in [0.2, 0.25) is 5.02 Å². The van der Waals surface area contributed by atoms with Gasteiger partial charge in [0.05, 0.1) is 0 Å². The third-order valence-electron chi connectivity index (χ3n) is 2.63. The number of rotatable bonds is 2. The molecule has 0 spiro atoms. The SMILES string of the molecule is Cc1ccc(C(=O)c2cccc(Cl)c2)cc1N. The lowest BCUT2D eigenvalue weighted by Gasteiger charge is -2.05. The Morgan fingerprint density at radius 2 is 1.82 bits per heavy atom. The molecule has 86 valence electrons. The minimum atomic E-state index is -0.0702. The van der Waals surface area contributed by atoms with Crippen molar-refractivity contribution in [3.8, 4) is 0 Å². The van der Waals surface area contributed by atoms with Gasteiger partial charge in [0.2, 0.25) is 0 Å². The molecule has 0 unspecified atom stereocenters. The molecule has 3 heteroatoms. The fourth-order valence-electron chi connectivity index (χ4n) is 1.58. The molecule has 2 N–H and O–H groups in total. The van der Waals surface area contributed by atoms with Crippen LogP contribution in [0.4, 0.5) is 5.69 Å². The van der Waals surface area contributed by atoms with Gasteiger partial charge in [-0.25, -0.2) is 0 Å². The van der Waals surface area contributed by atoms with Gasteiger partial charge in [-0.1, -0.05) is 35.9 Å². The van der Waals surface area contributed by atoms with Crippen molar-refractivity contribution in [1.82, 2.24) is 0 Å². The molecule has 17 heavy (non-hydrogen) atoms. The van der Waals surface area contributed by atoms with E-state index in [0.29, 0.717) is 21.8 Å². The van der Waals surface area contributed by atoms with Gasteiger partial charge >= 0.3 is 0 Å². The van der Waals surface area contributed by atoms with E-state index < -0.39 is 0 Å². The number of hydrogen-bond donors (Lipinski definition) is 1. The van der Waals surface area contributed by atoms with Crippen molar-refractivity contribution in [1.29, 1.82) is 0 Å². The Morgan fingerprint density at radius 3 is 2.47 bits per heavy atom. The van der Waals surface area contributed by atoms with Crippen LogP contribution in [-0.2, 0) is 0 Å². The summed E-state index contributed by atoms with van der Waals surface area (Å²) in [4.78, 5) is 12.1. The van der Waals surface area contributed by atoms with Crippen molar-refractivity contribution in [2.75, 3.05) is 5.73 Å². The van der Waals surface area contributed by atoms with Crippen LogP contribution in [0, 0.1) is 6.92 Å². The van der Waals surface area contributed by atoms with Crippen LogP contribution in [0.25, 0.3) is 0 Å². The smallest absolute Gasteiger partial charge is 0.193 e. The zero-order valence-corrected chi connectivity index (χ0v) is 10.2. The standard InChI is InChI=1S/C14H12ClNO/c1-9-5-6-11(8-13(9)16)14(17)10-3-2-4-12(15)7-10/h2-8H,16H2,1H3. The first-order chi connectivity index (χ1) is 8.08. The molecule has 0 aliphatic heterocycles. The number of anilines is 1. The molecule has 2 aromatic rings. The monoisotopic (exact) mass is 245 g/mol. The topological polar surface area (TPSA) is 43.1 Å². The summed E-state index contributed by atoms with van der Waals surface area (Å²) in [6.07, 6.45) is 0. The van der Waals surface area contributed by atoms with Gasteiger partial charge in [-0.3, -0.25) is 4.79 Å². The van der Waals surface area contributed by atoms with Crippen LogP contribution in [-0.4, -0.2) is 5.78 Å². The number of carbonyl (C=O) groups is 1. The first kappa shape index (κ1) is 11.7. The van der Waals surface area contributed by atoms with Gasteiger partial charge in [-0.05, 0) is 30.7 Å². The predicted octanol–water partition coefficient (Wildman–Crippen LogP) is 3.46. The number of nitrogens with two attached hydrogens (primary N) is 1. The molecule has 0 atom stereocenters. The maximum atomic E-state index is 12.1. The van der Waals surface area contributed by atoms with Crippen LogP contribution in [0.15, 0.2) is 42.5 Å². The Morgan fingerprint density at radius 1 is 1.12 bits per heavy atom. The highest BCUT2D eigenvalue weighted by Gasteiger charge is 2.10. The minimum absolute atomic E-state index is 0.0702. The number of halogens is 1. The first-order valence-corrected chi connectivity index (χ1v) is 5.62. The summed E-state index contributed by atoms with van der Waals surface area (Å²) in [5, 5.41) is 0.552. The molecule has 0 amide bonds. The number of ketones is 1. The van der Waals surface area contributed by atoms with E-state index in [0.717, 1.165) is 5.56 Å². The molecule has 0 aliphatic carbocycles. The largest absolute Gasteiger partial charge is 0.398 e. The van der Waals surface area contributed by atoms with Gasteiger partial charge in [0.25, 0.3) is 0 Å². The molecule has 0 radical (unpaired) electrons. The second kappa shape index (κ2) is 4.60. The number of benzene rings is 2. The number of carbonyl (C=O) groups excluding carboxylic acids is 1. The first-order valence-electron chi connectivity index (χ1n) is 5.24. The molecule has 2 aromatic carbocycles. The highest BCUT2D eigenvalue weighted by Crippen LogP contribution is 2.18. The Balaban J connectivity index is 2.40. The van der Waals surface area contributed by atoms with E-state index >= 15 is 0 Å². The molecular weight excluding hydrogens is 234 g/mol.